The first kappa shape index (κ1) is 13.0. The molecule has 0 bridgehead atoms. The van der Waals surface area contributed by atoms with Crippen LogP contribution < -0.4 is 5.32 Å². The number of nitrogens with one attached hydrogen (secondary N) is 2. The van der Waals surface area contributed by atoms with Crippen LogP contribution in [0.5, 0.6) is 0 Å². The summed E-state index contributed by atoms with van der Waals surface area (Å²) in [4.78, 5) is 14.7. The van der Waals surface area contributed by atoms with E-state index in [-0.39, 0.29) is 0 Å². The molecule has 1 aromatic carbocycles. The second-order valence-electron chi connectivity index (χ2n) is 4.89. The molecule has 0 aliphatic carbocycles. The van der Waals surface area contributed by atoms with Crippen LogP contribution >= 0.6 is 0 Å². The lowest BCUT2D eigenvalue weighted by molar-refractivity contribution is -0.266. The summed E-state index contributed by atoms with van der Waals surface area (Å²) >= 11 is 0. The van der Waals surface area contributed by atoms with Gasteiger partial charge in [0.05, 0.1) is 5.92 Å². The van der Waals surface area contributed by atoms with E-state index >= 15 is 0 Å². The molecule has 3 N–H and O–H groups in total. The average molecular weight is 284 g/mol. The SMILES string of the molecule is O=C1N[C@](O)(C(F)(F)F)C[C@H]1c1c[nH]c2ccccc12. The second kappa shape index (κ2) is 3.99. The van der Waals surface area contributed by atoms with Gasteiger partial charge in [-0.2, -0.15) is 13.2 Å². The van der Waals surface area contributed by atoms with E-state index in [1.54, 1.807) is 29.6 Å². The first-order valence-corrected chi connectivity index (χ1v) is 5.99. The summed E-state index contributed by atoms with van der Waals surface area (Å²) in [7, 11) is 0. The largest absolute Gasteiger partial charge is 0.436 e. The van der Waals surface area contributed by atoms with Gasteiger partial charge in [-0.05, 0) is 11.6 Å². The summed E-state index contributed by atoms with van der Waals surface area (Å²) in [5.74, 6) is -1.85. The fourth-order valence-corrected chi connectivity index (χ4v) is 2.55. The molecule has 20 heavy (non-hydrogen) atoms. The third-order valence-corrected chi connectivity index (χ3v) is 3.61. The van der Waals surface area contributed by atoms with Gasteiger partial charge in [-0.3, -0.25) is 4.79 Å². The van der Waals surface area contributed by atoms with E-state index in [1.807, 2.05) is 0 Å². The Morgan fingerprint density at radius 3 is 2.65 bits per heavy atom. The summed E-state index contributed by atoms with van der Waals surface area (Å²) in [6, 6.07) is 7.01. The van der Waals surface area contributed by atoms with E-state index in [2.05, 4.69) is 4.98 Å². The predicted octanol–water partition coefficient (Wildman–Crippen LogP) is 2.02. The number of halogens is 3. The Labute approximate surface area is 111 Å². The normalized spacial score (nSPS) is 27.0. The van der Waals surface area contributed by atoms with E-state index in [4.69, 9.17) is 0 Å². The standard InChI is InChI=1S/C13H11F3N2O2/c14-13(15,16)12(20)5-8(11(19)18-12)9-6-17-10-4-2-1-3-7(9)10/h1-4,6,8,17,20H,5H2,(H,18,19)/t8-,12+/m0/s1. The Balaban J connectivity index is 2.02. The summed E-state index contributed by atoms with van der Waals surface area (Å²) in [5, 5.41) is 11.9. The fourth-order valence-electron chi connectivity index (χ4n) is 2.55. The van der Waals surface area contributed by atoms with Crippen molar-refractivity contribution in [1.82, 2.24) is 10.3 Å². The number of fused-ring (bicyclic) bond motifs is 1. The van der Waals surface area contributed by atoms with Gasteiger partial charge in [-0.25, -0.2) is 0 Å². The second-order valence-corrected chi connectivity index (χ2v) is 4.89. The molecule has 106 valence electrons. The highest BCUT2D eigenvalue weighted by Crippen LogP contribution is 2.42. The van der Waals surface area contributed by atoms with Gasteiger partial charge in [0.25, 0.3) is 0 Å². The molecule has 0 unspecified atom stereocenters. The van der Waals surface area contributed by atoms with Gasteiger partial charge in [-0.1, -0.05) is 18.2 Å². The number of aliphatic hydroxyl groups is 1. The molecule has 1 amide bonds. The number of carbonyl (C=O) groups is 1. The van der Waals surface area contributed by atoms with E-state index in [1.165, 1.54) is 6.20 Å². The number of amides is 1. The van der Waals surface area contributed by atoms with Crippen molar-refractivity contribution in [3.05, 3.63) is 36.0 Å². The number of aromatic nitrogens is 1. The molecular formula is C13H11F3N2O2. The molecule has 1 saturated heterocycles. The molecule has 2 aromatic rings. The number of H-pyrrole nitrogens is 1. The Bertz CT molecular complexity index is 680. The lowest BCUT2D eigenvalue weighted by Gasteiger charge is -2.25. The molecule has 1 fully saturated rings. The third kappa shape index (κ3) is 1.77. The highest BCUT2D eigenvalue weighted by Gasteiger charge is 2.61. The van der Waals surface area contributed by atoms with Gasteiger partial charge in [0.2, 0.25) is 11.6 Å². The van der Waals surface area contributed by atoms with Gasteiger partial charge < -0.3 is 15.4 Å². The summed E-state index contributed by atoms with van der Waals surface area (Å²) in [5.41, 5.74) is -1.97. The molecule has 1 aliphatic rings. The zero-order chi connectivity index (χ0) is 14.5. The molecule has 2 heterocycles. The van der Waals surface area contributed by atoms with Crippen LogP contribution in [0.4, 0.5) is 13.2 Å². The molecule has 4 nitrogen and oxygen atoms in total. The molecule has 1 aromatic heterocycles. The fraction of sp³-hybridized carbons (Fsp3) is 0.308. The molecule has 0 radical (unpaired) electrons. The third-order valence-electron chi connectivity index (χ3n) is 3.61. The number of rotatable bonds is 1. The number of hydrogen-bond donors (Lipinski definition) is 3. The van der Waals surface area contributed by atoms with Crippen LogP contribution in [0.1, 0.15) is 17.9 Å². The van der Waals surface area contributed by atoms with Gasteiger partial charge in [0, 0.05) is 23.5 Å². The summed E-state index contributed by atoms with van der Waals surface area (Å²) in [6.07, 6.45) is -4.11. The lowest BCUT2D eigenvalue weighted by atomic mass is 9.94. The minimum Gasteiger partial charge on any atom is -0.363 e. The first-order valence-electron chi connectivity index (χ1n) is 5.99. The monoisotopic (exact) mass is 284 g/mol. The van der Waals surface area contributed by atoms with Crippen LogP contribution in [-0.4, -0.2) is 27.9 Å². The van der Waals surface area contributed by atoms with Crippen molar-refractivity contribution in [3.8, 4) is 0 Å². The molecule has 0 spiro atoms. The van der Waals surface area contributed by atoms with Crippen LogP contribution in [0.15, 0.2) is 30.5 Å². The minimum absolute atomic E-state index is 0.457. The lowest BCUT2D eigenvalue weighted by Crippen LogP contribution is -2.53. The zero-order valence-electron chi connectivity index (χ0n) is 10.2. The van der Waals surface area contributed by atoms with Gasteiger partial charge >= 0.3 is 6.18 Å². The van der Waals surface area contributed by atoms with Crippen molar-refractivity contribution in [2.24, 2.45) is 0 Å². The first-order chi connectivity index (χ1) is 9.32. The van der Waals surface area contributed by atoms with Crippen LogP contribution in [0.3, 0.4) is 0 Å². The van der Waals surface area contributed by atoms with Crippen molar-refractivity contribution in [3.63, 3.8) is 0 Å². The van der Waals surface area contributed by atoms with Gasteiger partial charge in [0.1, 0.15) is 0 Å². The molecular weight excluding hydrogens is 273 g/mol. The number of para-hydroxylation sites is 1. The van der Waals surface area contributed by atoms with E-state index in [0.717, 1.165) is 5.52 Å². The van der Waals surface area contributed by atoms with E-state index < -0.39 is 30.1 Å². The van der Waals surface area contributed by atoms with Crippen molar-refractivity contribution in [1.29, 1.82) is 0 Å². The topological polar surface area (TPSA) is 65.1 Å². The number of hydrogen-bond acceptors (Lipinski definition) is 2. The maximum absolute atomic E-state index is 12.8. The maximum atomic E-state index is 12.8. The van der Waals surface area contributed by atoms with Crippen molar-refractivity contribution < 1.29 is 23.1 Å². The van der Waals surface area contributed by atoms with Crippen LogP contribution in [0.25, 0.3) is 10.9 Å². The summed E-state index contributed by atoms with van der Waals surface area (Å²) in [6.45, 7) is 0. The quantitative estimate of drug-likeness (QED) is 0.750. The Morgan fingerprint density at radius 2 is 2.00 bits per heavy atom. The summed E-state index contributed by atoms with van der Waals surface area (Å²) < 4.78 is 38.3. The van der Waals surface area contributed by atoms with Crippen molar-refractivity contribution in [2.75, 3.05) is 0 Å². The smallest absolute Gasteiger partial charge is 0.363 e. The van der Waals surface area contributed by atoms with Gasteiger partial charge in [0.15, 0.2) is 0 Å². The Kier molecular flexibility index (Phi) is 2.59. The zero-order valence-corrected chi connectivity index (χ0v) is 10.2. The van der Waals surface area contributed by atoms with E-state index in [9.17, 15) is 23.1 Å². The van der Waals surface area contributed by atoms with Crippen LogP contribution in [-0.2, 0) is 4.79 Å². The van der Waals surface area contributed by atoms with Crippen molar-refractivity contribution >= 4 is 16.8 Å². The molecule has 0 saturated carbocycles. The van der Waals surface area contributed by atoms with E-state index in [0.29, 0.717) is 10.9 Å². The Hall–Kier alpha value is -2.02. The highest BCUT2D eigenvalue weighted by atomic mass is 19.4. The van der Waals surface area contributed by atoms with Crippen LogP contribution in [0, 0.1) is 0 Å². The molecule has 7 heteroatoms. The molecule has 3 rings (SSSR count). The number of alkyl halides is 3. The molecule has 2 atom stereocenters. The highest BCUT2D eigenvalue weighted by molar-refractivity contribution is 5.93. The van der Waals surface area contributed by atoms with Gasteiger partial charge in [-0.15, -0.1) is 0 Å². The molecule has 1 aliphatic heterocycles. The maximum Gasteiger partial charge on any atom is 0.436 e. The number of carbonyl (C=O) groups excluding carboxylic acids is 1. The number of benzene rings is 1. The predicted molar refractivity (Wildman–Crippen MR) is 64.8 cm³/mol. The Morgan fingerprint density at radius 1 is 1.30 bits per heavy atom. The number of aromatic amines is 1. The van der Waals surface area contributed by atoms with Crippen molar-refractivity contribution in [2.45, 2.75) is 24.2 Å². The minimum atomic E-state index is -4.90. The van der Waals surface area contributed by atoms with Crippen LogP contribution in [0.2, 0.25) is 0 Å². The average Bonchev–Trinajstić information content (AvgIpc) is 2.90.